The lowest BCUT2D eigenvalue weighted by Crippen LogP contribution is -2.62. The van der Waals surface area contributed by atoms with Crippen LogP contribution in [-0.4, -0.2) is 126 Å². The minimum absolute atomic E-state index is 0.0450. The topological polar surface area (TPSA) is 201 Å². The number of hydrogen-bond donors (Lipinski definition) is 6. The molecule has 5 aromatic carbocycles. The van der Waals surface area contributed by atoms with Gasteiger partial charge in [0, 0.05) is 44.2 Å². The first-order valence-corrected chi connectivity index (χ1v) is 28.7. The standard InChI is InChI=1S/C65H83N9O7/c1-40(66-9)57(75)70-55(64(3,4)5)62(80)73-38-49-22-14-13-21-48(49)35-54(73)61(79)72(33-32-42-26-29-44-18-11-12-20-47(44)34-42)37-43-27-30-46(31-28-43)59(77)68-50-36-53(60(78)69-52-25-17-23-45-19-15-16-24-51(45)52)74(39-50)63(81)56(65(6,7)8)71-58(76)41(2)67-10/h11-16,18-22,24,26-31,34,40-41,50,52-56,66-67H,17,23,25,32-33,35-39H2,1-10H3,(H,68,77)(H,69,78)(H,70,75)(H,71,76)/t40-,41-,50?,52?,53?,54?,55+,56+/m0/s1. The maximum absolute atomic E-state index is 15.5. The number of aryl methyl sites for hydroxylation is 1. The predicted octanol–water partition coefficient (Wildman–Crippen LogP) is 6.54. The van der Waals surface area contributed by atoms with Gasteiger partial charge in [-0.15, -0.1) is 0 Å². The molecule has 0 spiro atoms. The van der Waals surface area contributed by atoms with Gasteiger partial charge in [0.2, 0.25) is 35.4 Å². The Labute approximate surface area is 477 Å². The highest BCUT2D eigenvalue weighted by Crippen LogP contribution is 2.33. The van der Waals surface area contributed by atoms with Crippen molar-refractivity contribution in [3.05, 3.63) is 154 Å². The summed E-state index contributed by atoms with van der Waals surface area (Å²) in [6, 6.07) is 31.8. The molecule has 0 radical (unpaired) electrons. The SMILES string of the molecule is CN[C@@H](C)C(=O)N[C@H](C(=O)N1CC(NC(=O)c2ccc(CN(CCc3ccc4ccccc4c3)C(=O)C3Cc4ccccc4CN3C(=O)[C@@H](NC(=O)[C@H](C)NC)C(C)(C)C)cc2)CC1C(=O)NC1CCCc2ccccc21)C(C)(C)C. The number of nitrogens with one attached hydrogen (secondary N) is 6. The first-order valence-electron chi connectivity index (χ1n) is 28.7. The van der Waals surface area contributed by atoms with Crippen molar-refractivity contribution in [1.29, 1.82) is 0 Å². The number of likely N-dealkylation sites (N-methyl/N-ethyl adjacent to an activating group) is 2. The lowest BCUT2D eigenvalue weighted by Gasteiger charge is -2.42. The summed E-state index contributed by atoms with van der Waals surface area (Å²) in [7, 11) is 3.36. The normalized spacial score (nSPS) is 19.5. The van der Waals surface area contributed by atoms with Gasteiger partial charge < -0.3 is 46.6 Å². The molecule has 6 N–H and O–H groups in total. The minimum Gasteiger partial charge on any atom is -0.347 e. The summed E-state index contributed by atoms with van der Waals surface area (Å²) in [6.07, 6.45) is 3.54. The number of benzene rings is 5. The Morgan fingerprint density at radius 2 is 1.20 bits per heavy atom. The molecule has 8 rings (SSSR count). The molecule has 0 saturated carbocycles. The van der Waals surface area contributed by atoms with E-state index in [9.17, 15) is 24.0 Å². The quantitative estimate of drug-likeness (QED) is 0.0564. The zero-order valence-corrected chi connectivity index (χ0v) is 48.9. The molecule has 1 fully saturated rings. The summed E-state index contributed by atoms with van der Waals surface area (Å²) in [5.41, 5.74) is 4.89. The Hall–Kier alpha value is -7.43. The summed E-state index contributed by atoms with van der Waals surface area (Å²) >= 11 is 0. The van der Waals surface area contributed by atoms with E-state index in [1.165, 1.54) is 10.5 Å². The van der Waals surface area contributed by atoms with Gasteiger partial charge in [0.15, 0.2) is 0 Å². The van der Waals surface area contributed by atoms with Crippen LogP contribution < -0.4 is 31.9 Å². The molecule has 1 saturated heterocycles. The number of fused-ring (bicyclic) bond motifs is 3. The van der Waals surface area contributed by atoms with Crippen LogP contribution in [0.15, 0.2) is 115 Å². The number of likely N-dealkylation sites (tertiary alicyclic amines) is 1. The molecule has 0 aromatic heterocycles. The van der Waals surface area contributed by atoms with E-state index in [0.717, 1.165) is 57.9 Å². The second kappa shape index (κ2) is 25.6. The van der Waals surface area contributed by atoms with Crippen molar-refractivity contribution in [3.63, 3.8) is 0 Å². The Morgan fingerprint density at radius 1 is 0.630 bits per heavy atom. The van der Waals surface area contributed by atoms with Crippen LogP contribution in [-0.2, 0) is 61.1 Å². The van der Waals surface area contributed by atoms with Gasteiger partial charge in [-0.25, -0.2) is 0 Å². The average Bonchev–Trinajstić information content (AvgIpc) is 4.03. The summed E-state index contributed by atoms with van der Waals surface area (Å²) in [5, 5.41) is 20.4. The monoisotopic (exact) mass is 1100 g/mol. The molecule has 430 valence electrons. The Kier molecular flexibility index (Phi) is 18.8. The van der Waals surface area contributed by atoms with Gasteiger partial charge in [0.1, 0.15) is 24.2 Å². The first kappa shape index (κ1) is 59.7. The van der Waals surface area contributed by atoms with Gasteiger partial charge in [-0.05, 0) is 127 Å². The molecule has 16 heteroatoms. The van der Waals surface area contributed by atoms with Crippen LogP contribution in [0.4, 0.5) is 0 Å². The van der Waals surface area contributed by atoms with Crippen LogP contribution in [0.25, 0.3) is 10.8 Å². The summed E-state index contributed by atoms with van der Waals surface area (Å²) < 4.78 is 0. The van der Waals surface area contributed by atoms with Gasteiger partial charge in [-0.1, -0.05) is 145 Å². The molecule has 3 aliphatic rings. The smallest absolute Gasteiger partial charge is 0.251 e. The third-order valence-electron chi connectivity index (χ3n) is 16.6. The number of nitrogens with zero attached hydrogens (tertiary/aromatic N) is 3. The number of amides is 7. The Morgan fingerprint density at radius 3 is 1.83 bits per heavy atom. The van der Waals surface area contributed by atoms with E-state index in [1.807, 2.05) is 108 Å². The van der Waals surface area contributed by atoms with Gasteiger partial charge in [-0.3, -0.25) is 33.6 Å². The molecule has 5 aromatic rings. The molecule has 16 nitrogen and oxygen atoms in total. The maximum Gasteiger partial charge on any atom is 0.251 e. The molecule has 1 aliphatic carbocycles. The second-order valence-corrected chi connectivity index (χ2v) is 24.5. The average molecular weight is 1100 g/mol. The van der Waals surface area contributed by atoms with E-state index < -0.39 is 64.9 Å². The van der Waals surface area contributed by atoms with Gasteiger partial charge in [-0.2, -0.15) is 0 Å². The fourth-order valence-electron chi connectivity index (χ4n) is 11.4. The highest BCUT2D eigenvalue weighted by atomic mass is 16.2. The molecule has 7 amide bonds. The molecule has 2 heterocycles. The first-order chi connectivity index (χ1) is 38.5. The van der Waals surface area contributed by atoms with Gasteiger partial charge in [0.25, 0.3) is 5.91 Å². The van der Waals surface area contributed by atoms with Crippen molar-refractivity contribution in [2.24, 2.45) is 10.8 Å². The fourth-order valence-corrected chi connectivity index (χ4v) is 11.4. The fraction of sp³-hybridized carbons (Fsp3) is 0.462. The third-order valence-corrected chi connectivity index (χ3v) is 16.6. The molecule has 0 bridgehead atoms. The molecule has 2 aliphatic heterocycles. The van der Waals surface area contributed by atoms with Crippen LogP contribution >= 0.6 is 0 Å². The van der Waals surface area contributed by atoms with E-state index in [1.54, 1.807) is 49.9 Å². The van der Waals surface area contributed by atoms with Crippen LogP contribution in [0, 0.1) is 10.8 Å². The van der Waals surface area contributed by atoms with E-state index >= 15 is 9.59 Å². The van der Waals surface area contributed by atoms with Crippen LogP contribution in [0.5, 0.6) is 0 Å². The van der Waals surface area contributed by atoms with E-state index in [-0.39, 0.29) is 68.1 Å². The number of hydrogen-bond acceptors (Lipinski definition) is 9. The zero-order chi connectivity index (χ0) is 58.3. The predicted molar refractivity (Wildman–Crippen MR) is 315 cm³/mol. The van der Waals surface area contributed by atoms with Crippen molar-refractivity contribution in [3.8, 4) is 0 Å². The van der Waals surface area contributed by atoms with E-state index in [0.29, 0.717) is 18.5 Å². The van der Waals surface area contributed by atoms with E-state index in [2.05, 4.69) is 68.3 Å². The van der Waals surface area contributed by atoms with Crippen LogP contribution in [0.2, 0.25) is 0 Å². The summed E-state index contributed by atoms with van der Waals surface area (Å²) in [5.74, 6) is -2.37. The highest BCUT2D eigenvalue weighted by Gasteiger charge is 2.47. The van der Waals surface area contributed by atoms with Crippen LogP contribution in [0.3, 0.4) is 0 Å². The lowest BCUT2D eigenvalue weighted by molar-refractivity contribution is -0.151. The zero-order valence-electron chi connectivity index (χ0n) is 48.9. The van der Waals surface area contributed by atoms with Gasteiger partial charge in [0.05, 0.1) is 18.1 Å². The number of carbonyl (C=O) groups is 7. The second-order valence-electron chi connectivity index (χ2n) is 24.5. The van der Waals surface area contributed by atoms with Crippen molar-refractivity contribution < 1.29 is 33.6 Å². The lowest BCUT2D eigenvalue weighted by atomic mass is 9.84. The number of carbonyl (C=O) groups excluding carboxylic acids is 7. The highest BCUT2D eigenvalue weighted by molar-refractivity contribution is 5.97. The maximum atomic E-state index is 15.5. The molecule has 81 heavy (non-hydrogen) atoms. The summed E-state index contributed by atoms with van der Waals surface area (Å²) in [4.78, 5) is 106. The Bertz CT molecular complexity index is 3110. The summed E-state index contributed by atoms with van der Waals surface area (Å²) in [6.45, 7) is 15.5. The van der Waals surface area contributed by atoms with Gasteiger partial charge >= 0.3 is 0 Å². The van der Waals surface area contributed by atoms with Crippen molar-refractivity contribution in [1.82, 2.24) is 46.6 Å². The van der Waals surface area contributed by atoms with Crippen LogP contribution in [0.1, 0.15) is 124 Å². The molecular formula is C65H83N9O7. The minimum atomic E-state index is -0.967. The Balaban J connectivity index is 1.04. The van der Waals surface area contributed by atoms with Crippen molar-refractivity contribution in [2.45, 2.75) is 155 Å². The third kappa shape index (κ3) is 14.2. The molecule has 4 unspecified atom stereocenters. The van der Waals surface area contributed by atoms with Crippen molar-refractivity contribution >= 4 is 52.1 Å². The molecule has 8 atom stereocenters. The number of rotatable bonds is 18. The largest absolute Gasteiger partial charge is 0.347 e. The van der Waals surface area contributed by atoms with E-state index in [4.69, 9.17) is 0 Å². The van der Waals surface area contributed by atoms with Crippen molar-refractivity contribution in [2.75, 3.05) is 27.2 Å². The molecular weight excluding hydrogens is 1020 g/mol.